The lowest BCUT2D eigenvalue weighted by Crippen LogP contribution is -2.37. The summed E-state index contributed by atoms with van der Waals surface area (Å²) in [4.78, 5) is 23.9. The van der Waals surface area contributed by atoms with Gasteiger partial charge in [0.1, 0.15) is 0 Å². The third-order valence-electron chi connectivity index (χ3n) is 4.52. The molecule has 5 N–H and O–H groups in total. The van der Waals surface area contributed by atoms with E-state index in [9.17, 15) is 9.59 Å². The molecule has 0 unspecified atom stereocenters. The first-order chi connectivity index (χ1) is 12.5. The summed E-state index contributed by atoms with van der Waals surface area (Å²) in [5.41, 5.74) is 11.8. The van der Waals surface area contributed by atoms with Gasteiger partial charge in [0.05, 0.1) is 31.6 Å². The van der Waals surface area contributed by atoms with Crippen LogP contribution in [0.2, 0.25) is 0 Å². The van der Waals surface area contributed by atoms with Gasteiger partial charge < -0.3 is 31.0 Å². The van der Waals surface area contributed by atoms with Crippen LogP contribution >= 0.6 is 0 Å². The van der Waals surface area contributed by atoms with Crippen molar-refractivity contribution >= 4 is 17.6 Å². The van der Waals surface area contributed by atoms with Crippen LogP contribution in [0.4, 0.5) is 5.69 Å². The van der Waals surface area contributed by atoms with E-state index in [2.05, 4.69) is 5.32 Å². The molecular weight excluding hydrogens is 338 g/mol. The van der Waals surface area contributed by atoms with Crippen LogP contribution in [0.25, 0.3) is 0 Å². The molecule has 8 nitrogen and oxygen atoms in total. The number of esters is 1. The minimum Gasteiger partial charge on any atom is -0.493 e. The molecule has 0 heterocycles. The molecule has 1 aromatic carbocycles. The summed E-state index contributed by atoms with van der Waals surface area (Å²) < 4.78 is 16.1. The maximum absolute atomic E-state index is 12.0. The number of hydrogen-bond acceptors (Lipinski definition) is 7. The van der Waals surface area contributed by atoms with Gasteiger partial charge in [0.15, 0.2) is 11.5 Å². The van der Waals surface area contributed by atoms with Crippen molar-refractivity contribution in [1.82, 2.24) is 5.32 Å². The van der Waals surface area contributed by atoms with Gasteiger partial charge in [0.2, 0.25) is 5.91 Å². The molecule has 0 bridgehead atoms. The predicted molar refractivity (Wildman–Crippen MR) is 97.2 cm³/mol. The Balaban J connectivity index is 2.03. The van der Waals surface area contributed by atoms with Gasteiger partial charge in [-0.15, -0.1) is 0 Å². The highest BCUT2D eigenvalue weighted by molar-refractivity contribution is 5.96. The molecule has 1 aliphatic rings. The van der Waals surface area contributed by atoms with Crippen molar-refractivity contribution in [3.05, 3.63) is 17.7 Å². The minimum absolute atomic E-state index is 0.0136. The topological polar surface area (TPSA) is 126 Å². The van der Waals surface area contributed by atoms with Gasteiger partial charge >= 0.3 is 5.97 Å². The summed E-state index contributed by atoms with van der Waals surface area (Å²) >= 11 is 0. The number of rotatable bonds is 7. The quantitative estimate of drug-likeness (QED) is 0.487. The predicted octanol–water partition coefficient (Wildman–Crippen LogP) is 1.08. The third-order valence-corrected chi connectivity index (χ3v) is 4.52. The molecule has 0 radical (unpaired) electrons. The van der Waals surface area contributed by atoms with Crippen LogP contribution in [0.3, 0.4) is 0 Å². The van der Waals surface area contributed by atoms with E-state index in [4.69, 9.17) is 25.7 Å². The number of methoxy groups -OCH3 is 2. The van der Waals surface area contributed by atoms with E-state index in [0.717, 1.165) is 25.7 Å². The van der Waals surface area contributed by atoms with Gasteiger partial charge in [-0.25, -0.2) is 4.79 Å². The largest absolute Gasteiger partial charge is 0.493 e. The molecule has 2 rings (SSSR count). The Hall–Kier alpha value is -2.48. The zero-order chi connectivity index (χ0) is 19.1. The smallest absolute Gasteiger partial charge is 0.340 e. The van der Waals surface area contributed by atoms with Crippen molar-refractivity contribution in [1.29, 1.82) is 0 Å². The van der Waals surface area contributed by atoms with E-state index in [1.54, 1.807) is 12.1 Å². The molecule has 0 saturated heterocycles. The fourth-order valence-electron chi connectivity index (χ4n) is 3.08. The van der Waals surface area contributed by atoms with E-state index in [0.29, 0.717) is 24.6 Å². The van der Waals surface area contributed by atoms with Crippen molar-refractivity contribution in [2.75, 3.05) is 33.0 Å². The number of carbonyl (C=O) groups is 2. The van der Waals surface area contributed by atoms with E-state index in [-0.39, 0.29) is 29.2 Å². The van der Waals surface area contributed by atoms with Crippen LogP contribution in [-0.2, 0) is 9.53 Å². The van der Waals surface area contributed by atoms with Gasteiger partial charge in [-0.1, -0.05) is 0 Å². The Morgan fingerprint density at radius 1 is 1.15 bits per heavy atom. The first-order valence-electron chi connectivity index (χ1n) is 8.70. The maximum Gasteiger partial charge on any atom is 0.340 e. The van der Waals surface area contributed by atoms with Crippen LogP contribution < -0.4 is 26.3 Å². The first-order valence-corrected chi connectivity index (χ1v) is 8.70. The number of nitrogens with one attached hydrogen (secondary N) is 1. The van der Waals surface area contributed by atoms with Crippen LogP contribution in [0.5, 0.6) is 11.5 Å². The summed E-state index contributed by atoms with van der Waals surface area (Å²) in [6.07, 6.45) is 2.89. The molecule has 144 valence electrons. The van der Waals surface area contributed by atoms with Crippen molar-refractivity contribution in [3.63, 3.8) is 0 Å². The zero-order valence-electron chi connectivity index (χ0n) is 15.2. The number of hydrogen-bond donors (Lipinski definition) is 3. The molecule has 1 saturated carbocycles. The highest BCUT2D eigenvalue weighted by atomic mass is 16.5. The van der Waals surface area contributed by atoms with Crippen LogP contribution in [0.15, 0.2) is 12.1 Å². The van der Waals surface area contributed by atoms with Crippen molar-refractivity contribution in [2.24, 2.45) is 11.7 Å². The van der Waals surface area contributed by atoms with E-state index >= 15 is 0 Å². The average Bonchev–Trinajstić information content (AvgIpc) is 2.67. The van der Waals surface area contributed by atoms with Crippen LogP contribution in [0.1, 0.15) is 36.0 Å². The molecule has 1 aliphatic carbocycles. The van der Waals surface area contributed by atoms with Crippen molar-refractivity contribution in [2.45, 2.75) is 31.8 Å². The summed E-state index contributed by atoms with van der Waals surface area (Å²) in [5.74, 6) is 0.402. The monoisotopic (exact) mass is 365 g/mol. The Bertz CT molecular complexity index is 642. The average molecular weight is 365 g/mol. The van der Waals surface area contributed by atoms with Crippen molar-refractivity contribution in [3.8, 4) is 11.5 Å². The van der Waals surface area contributed by atoms with Gasteiger partial charge in [0.25, 0.3) is 0 Å². The highest BCUT2D eigenvalue weighted by Gasteiger charge is 2.28. The lowest BCUT2D eigenvalue weighted by atomic mass is 9.86. The van der Waals surface area contributed by atoms with Gasteiger partial charge in [-0.05, 0) is 25.7 Å². The molecule has 0 aromatic heterocycles. The lowest BCUT2D eigenvalue weighted by Gasteiger charge is -2.29. The standard InChI is InChI=1S/C18H27N3O5/c1-24-15-10-14(20)13(18(23)25-2)9-16(15)26-12-5-3-11(4-6-12)17(22)21-8-7-19/h9-12H,3-8,19-20H2,1-2H3,(H,21,22). The maximum atomic E-state index is 12.0. The molecule has 0 aliphatic heterocycles. The molecule has 8 heteroatoms. The SMILES string of the molecule is COC(=O)c1cc(OC2CCC(C(=O)NCCN)CC2)c(OC)cc1N. The first kappa shape index (κ1) is 19.8. The number of carbonyl (C=O) groups excluding carboxylic acids is 2. The second-order valence-corrected chi connectivity index (χ2v) is 6.25. The Labute approximate surface area is 153 Å². The number of ether oxygens (including phenoxy) is 3. The van der Waals surface area contributed by atoms with Gasteiger partial charge in [-0.3, -0.25) is 4.79 Å². The van der Waals surface area contributed by atoms with E-state index in [1.165, 1.54) is 14.2 Å². The minimum atomic E-state index is -0.532. The molecule has 0 spiro atoms. The van der Waals surface area contributed by atoms with E-state index in [1.807, 2.05) is 0 Å². The third kappa shape index (κ3) is 4.78. The fraction of sp³-hybridized carbons (Fsp3) is 0.556. The Kier molecular flexibility index (Phi) is 7.08. The number of nitrogens with two attached hydrogens (primary N) is 2. The number of anilines is 1. The van der Waals surface area contributed by atoms with Gasteiger partial charge in [0, 0.05) is 31.1 Å². The molecule has 1 amide bonds. The normalized spacial score (nSPS) is 19.5. The van der Waals surface area contributed by atoms with E-state index < -0.39 is 5.97 Å². The number of benzene rings is 1. The second kappa shape index (κ2) is 9.28. The number of nitrogen functional groups attached to an aromatic ring is 1. The highest BCUT2D eigenvalue weighted by Crippen LogP contribution is 2.36. The van der Waals surface area contributed by atoms with Crippen LogP contribution in [0, 0.1) is 5.92 Å². The fourth-order valence-corrected chi connectivity index (χ4v) is 3.08. The Morgan fingerprint density at radius 3 is 2.42 bits per heavy atom. The van der Waals surface area contributed by atoms with Gasteiger partial charge in [-0.2, -0.15) is 0 Å². The Morgan fingerprint density at radius 2 is 1.85 bits per heavy atom. The molecule has 1 aromatic rings. The van der Waals surface area contributed by atoms with Crippen LogP contribution in [-0.4, -0.2) is 45.3 Å². The lowest BCUT2D eigenvalue weighted by molar-refractivity contribution is -0.126. The zero-order valence-corrected chi connectivity index (χ0v) is 15.2. The summed E-state index contributed by atoms with van der Waals surface area (Å²) in [7, 11) is 2.81. The second-order valence-electron chi connectivity index (χ2n) is 6.25. The number of amides is 1. The molecular formula is C18H27N3O5. The molecule has 1 fully saturated rings. The summed E-state index contributed by atoms with van der Waals surface area (Å²) in [6, 6.07) is 3.09. The molecule has 0 atom stereocenters. The summed E-state index contributed by atoms with van der Waals surface area (Å²) in [5, 5.41) is 2.83. The van der Waals surface area contributed by atoms with Crippen molar-refractivity contribution < 1.29 is 23.8 Å². The molecule has 26 heavy (non-hydrogen) atoms. The summed E-state index contributed by atoms with van der Waals surface area (Å²) in [6.45, 7) is 0.928.